The molecule has 164 valence electrons. The topological polar surface area (TPSA) is 60.3 Å². The van der Waals surface area contributed by atoms with E-state index in [2.05, 4.69) is 64.3 Å². The van der Waals surface area contributed by atoms with Gasteiger partial charge in [0.15, 0.2) is 17.5 Å². The normalized spacial score (nSPS) is 17.4. The Labute approximate surface area is 195 Å². The minimum Gasteiger partial charge on any atom is -0.454 e. The Hall–Kier alpha value is -1.94. The van der Waals surface area contributed by atoms with Crippen molar-refractivity contribution >= 4 is 29.9 Å². The first-order chi connectivity index (χ1) is 14.1. The molecule has 0 amide bonds. The van der Waals surface area contributed by atoms with Gasteiger partial charge in [-0.05, 0) is 42.7 Å². The quantitative estimate of drug-likeness (QED) is 0.369. The Kier molecular flexibility index (Phi) is 7.51. The summed E-state index contributed by atoms with van der Waals surface area (Å²) in [6.45, 7) is 3.40. The molecule has 1 aromatic carbocycles. The van der Waals surface area contributed by atoms with Crippen molar-refractivity contribution in [3.05, 3.63) is 47.8 Å². The number of halogens is 1. The second-order valence-corrected chi connectivity index (χ2v) is 7.83. The summed E-state index contributed by atoms with van der Waals surface area (Å²) >= 11 is 0. The van der Waals surface area contributed by atoms with Gasteiger partial charge < -0.3 is 29.0 Å². The van der Waals surface area contributed by atoms with Crippen molar-refractivity contribution in [2.24, 2.45) is 12.0 Å². The molecule has 30 heavy (non-hydrogen) atoms. The summed E-state index contributed by atoms with van der Waals surface area (Å²) in [5.74, 6) is 2.54. The van der Waals surface area contributed by atoms with Crippen molar-refractivity contribution in [2.75, 3.05) is 40.6 Å². The van der Waals surface area contributed by atoms with Gasteiger partial charge in [0.2, 0.25) is 6.79 Å². The number of benzene rings is 1. The molecule has 0 spiro atoms. The number of rotatable bonds is 5. The molecule has 1 fully saturated rings. The molecular formula is C22H31IN4O3. The third kappa shape index (κ3) is 4.69. The molecule has 1 aromatic heterocycles. The third-order valence-electron chi connectivity index (χ3n) is 6.04. The lowest BCUT2D eigenvalue weighted by molar-refractivity contribution is 0.0511. The molecule has 0 atom stereocenters. The van der Waals surface area contributed by atoms with Gasteiger partial charge in [-0.3, -0.25) is 4.99 Å². The van der Waals surface area contributed by atoms with Gasteiger partial charge >= 0.3 is 0 Å². The number of aromatic nitrogens is 1. The van der Waals surface area contributed by atoms with Crippen LogP contribution in [-0.2, 0) is 23.7 Å². The van der Waals surface area contributed by atoms with Crippen LogP contribution in [0, 0.1) is 0 Å². The average molecular weight is 526 g/mol. The third-order valence-corrected chi connectivity index (χ3v) is 6.04. The van der Waals surface area contributed by atoms with Gasteiger partial charge in [0, 0.05) is 58.2 Å². The average Bonchev–Trinajstić information content (AvgIpc) is 3.37. The smallest absolute Gasteiger partial charge is 0.231 e. The van der Waals surface area contributed by atoms with Gasteiger partial charge in [-0.2, -0.15) is 0 Å². The maximum absolute atomic E-state index is 5.68. The van der Waals surface area contributed by atoms with Crippen molar-refractivity contribution in [2.45, 2.75) is 24.8 Å². The van der Waals surface area contributed by atoms with E-state index in [1.54, 1.807) is 0 Å². The number of nitrogens with zero attached hydrogens (tertiary/aromatic N) is 3. The molecule has 0 saturated carbocycles. The molecular weight excluding hydrogens is 495 g/mol. The fraction of sp³-hybridized carbons (Fsp3) is 0.500. The van der Waals surface area contributed by atoms with Gasteiger partial charge in [-0.15, -0.1) is 24.0 Å². The second-order valence-electron chi connectivity index (χ2n) is 7.83. The fourth-order valence-corrected chi connectivity index (χ4v) is 4.17. The molecule has 2 aliphatic rings. The second kappa shape index (κ2) is 9.91. The van der Waals surface area contributed by atoms with E-state index in [1.807, 2.05) is 13.1 Å². The minimum atomic E-state index is -0.0268. The zero-order chi connectivity index (χ0) is 20.3. The first-order valence-corrected chi connectivity index (χ1v) is 10.1. The van der Waals surface area contributed by atoms with Crippen LogP contribution < -0.4 is 14.8 Å². The molecule has 2 aliphatic heterocycles. The number of guanidine groups is 1. The Balaban J connectivity index is 0.00000256. The Morgan fingerprint density at radius 2 is 1.97 bits per heavy atom. The summed E-state index contributed by atoms with van der Waals surface area (Å²) in [6, 6.07) is 10.5. The van der Waals surface area contributed by atoms with Gasteiger partial charge in [-0.1, -0.05) is 6.07 Å². The van der Waals surface area contributed by atoms with Gasteiger partial charge in [-0.25, -0.2) is 0 Å². The number of nitrogens with one attached hydrogen (secondary N) is 1. The molecule has 2 aromatic rings. The highest BCUT2D eigenvalue weighted by atomic mass is 127. The number of hydrogen-bond donors (Lipinski definition) is 1. The Morgan fingerprint density at radius 3 is 2.67 bits per heavy atom. The highest BCUT2D eigenvalue weighted by Gasteiger charge is 2.36. The van der Waals surface area contributed by atoms with Crippen LogP contribution in [0.5, 0.6) is 11.5 Å². The molecule has 3 heterocycles. The number of hydrogen-bond acceptors (Lipinski definition) is 4. The number of ether oxygens (including phenoxy) is 3. The first-order valence-electron chi connectivity index (χ1n) is 10.1. The maximum atomic E-state index is 5.68. The summed E-state index contributed by atoms with van der Waals surface area (Å²) in [5, 5.41) is 3.62. The predicted octanol–water partition coefficient (Wildman–Crippen LogP) is 3.13. The number of fused-ring (bicyclic) bond motifs is 1. The molecule has 0 radical (unpaired) electrons. The van der Waals surface area contributed by atoms with E-state index in [4.69, 9.17) is 14.2 Å². The molecule has 0 bridgehead atoms. The molecule has 8 heteroatoms. The van der Waals surface area contributed by atoms with E-state index in [9.17, 15) is 0 Å². The monoisotopic (exact) mass is 526 g/mol. The van der Waals surface area contributed by atoms with Gasteiger partial charge in [0.1, 0.15) is 0 Å². The van der Waals surface area contributed by atoms with Gasteiger partial charge in [0.05, 0.1) is 6.54 Å². The van der Waals surface area contributed by atoms with Crippen molar-refractivity contribution in [3.63, 3.8) is 0 Å². The summed E-state index contributed by atoms with van der Waals surface area (Å²) < 4.78 is 18.9. The standard InChI is InChI=1S/C22H30N4O3.HI/c1-23-21(26(3)14-18-5-4-10-25(18)2)24-15-22(8-11-27-12-9-22)17-6-7-19-20(13-17)29-16-28-19;/h4-7,10,13H,8-9,11-12,14-16H2,1-3H3,(H,23,24);1H. The lowest BCUT2D eigenvalue weighted by Crippen LogP contribution is -2.48. The van der Waals surface area contributed by atoms with E-state index in [0.717, 1.165) is 56.6 Å². The fourth-order valence-electron chi connectivity index (χ4n) is 4.17. The van der Waals surface area contributed by atoms with E-state index >= 15 is 0 Å². The van der Waals surface area contributed by atoms with Crippen molar-refractivity contribution in [3.8, 4) is 11.5 Å². The molecule has 0 aliphatic carbocycles. The molecule has 1 saturated heterocycles. The van der Waals surface area contributed by atoms with Crippen LogP contribution in [0.3, 0.4) is 0 Å². The van der Waals surface area contributed by atoms with Crippen molar-refractivity contribution < 1.29 is 14.2 Å². The lowest BCUT2D eigenvalue weighted by atomic mass is 9.74. The Bertz CT molecular complexity index is 877. The van der Waals surface area contributed by atoms with E-state index in [0.29, 0.717) is 6.79 Å². The van der Waals surface area contributed by atoms with E-state index < -0.39 is 0 Å². The summed E-state index contributed by atoms with van der Waals surface area (Å²) in [4.78, 5) is 6.67. The van der Waals surface area contributed by atoms with Gasteiger partial charge in [0.25, 0.3) is 0 Å². The number of aryl methyl sites for hydroxylation is 1. The highest BCUT2D eigenvalue weighted by Crippen LogP contribution is 2.40. The first kappa shape index (κ1) is 22.7. The zero-order valence-electron chi connectivity index (χ0n) is 17.9. The molecule has 7 nitrogen and oxygen atoms in total. The van der Waals surface area contributed by atoms with E-state index in [-0.39, 0.29) is 29.4 Å². The van der Waals surface area contributed by atoms with Crippen LogP contribution in [0.1, 0.15) is 24.1 Å². The largest absolute Gasteiger partial charge is 0.454 e. The van der Waals surface area contributed by atoms with Crippen LogP contribution in [0.4, 0.5) is 0 Å². The maximum Gasteiger partial charge on any atom is 0.231 e. The summed E-state index contributed by atoms with van der Waals surface area (Å²) in [5.41, 5.74) is 2.48. The van der Waals surface area contributed by atoms with Crippen LogP contribution in [0.15, 0.2) is 41.5 Å². The van der Waals surface area contributed by atoms with Crippen LogP contribution in [0.25, 0.3) is 0 Å². The molecule has 1 N–H and O–H groups in total. The van der Waals surface area contributed by atoms with Crippen LogP contribution in [-0.4, -0.2) is 56.1 Å². The SMILES string of the molecule is CN=C(NCC1(c2ccc3c(c2)OCO3)CCOCC1)N(C)Cc1cccn1C.I. The van der Waals surface area contributed by atoms with Crippen LogP contribution in [0.2, 0.25) is 0 Å². The predicted molar refractivity (Wildman–Crippen MR) is 128 cm³/mol. The minimum absolute atomic E-state index is 0. The van der Waals surface area contributed by atoms with E-state index in [1.165, 1.54) is 11.3 Å². The zero-order valence-corrected chi connectivity index (χ0v) is 20.2. The van der Waals surface area contributed by atoms with Crippen LogP contribution >= 0.6 is 24.0 Å². The Morgan fingerprint density at radius 1 is 1.20 bits per heavy atom. The number of aliphatic imine (C=N–C) groups is 1. The summed E-state index contributed by atoms with van der Waals surface area (Å²) in [7, 11) is 5.97. The molecule has 0 unspecified atom stereocenters. The highest BCUT2D eigenvalue weighted by molar-refractivity contribution is 14.0. The van der Waals surface area contributed by atoms with Crippen molar-refractivity contribution in [1.82, 2.24) is 14.8 Å². The lowest BCUT2D eigenvalue weighted by Gasteiger charge is -2.39. The van der Waals surface area contributed by atoms with Crippen molar-refractivity contribution in [1.29, 1.82) is 0 Å². The summed E-state index contributed by atoms with van der Waals surface area (Å²) in [6.07, 6.45) is 3.98. The molecule has 4 rings (SSSR count).